The van der Waals surface area contributed by atoms with Crippen molar-refractivity contribution < 1.29 is 14.3 Å². The van der Waals surface area contributed by atoms with Crippen molar-refractivity contribution >= 4 is 23.1 Å². The number of aromatic amines is 1. The van der Waals surface area contributed by atoms with Crippen LogP contribution in [0, 0.1) is 12.8 Å². The largest absolute Gasteiger partial charge is 0.461 e. The average Bonchev–Trinajstić information content (AvgIpc) is 3.23. The summed E-state index contributed by atoms with van der Waals surface area (Å²) < 4.78 is 5.06. The topological polar surface area (TPSA) is 75.3 Å². The molecule has 2 aromatic heterocycles. The van der Waals surface area contributed by atoms with Gasteiger partial charge in [-0.1, -0.05) is 0 Å². The lowest BCUT2D eigenvalue weighted by Gasteiger charge is -2.31. The third-order valence-corrected chi connectivity index (χ3v) is 5.58. The standard InChI is InChI=1S/C18H23N3O3S/c1-3-24-18(23)15-14(9-19-20-15)11-21-7-4-5-13(10-21)16(22)17-12(2)6-8-25-17/h6,8-9,13H,3-5,7,10-11H2,1-2H3,(H,19,20). The number of thiophene rings is 1. The molecule has 0 radical (unpaired) electrons. The number of nitrogens with one attached hydrogen (secondary N) is 1. The lowest BCUT2D eigenvalue weighted by Crippen LogP contribution is -2.38. The first kappa shape index (κ1) is 17.8. The third-order valence-electron chi connectivity index (χ3n) is 4.55. The molecule has 0 aliphatic carbocycles. The molecule has 0 saturated carbocycles. The van der Waals surface area contributed by atoms with Gasteiger partial charge < -0.3 is 4.74 Å². The number of hydrogen-bond acceptors (Lipinski definition) is 6. The molecule has 0 spiro atoms. The first-order valence-corrected chi connectivity index (χ1v) is 9.48. The minimum Gasteiger partial charge on any atom is -0.461 e. The van der Waals surface area contributed by atoms with Gasteiger partial charge in [0.2, 0.25) is 0 Å². The summed E-state index contributed by atoms with van der Waals surface area (Å²) in [6.07, 6.45) is 3.57. The summed E-state index contributed by atoms with van der Waals surface area (Å²) in [6.45, 7) is 6.32. The molecule has 7 heteroatoms. The number of hydrogen-bond donors (Lipinski definition) is 1. The maximum atomic E-state index is 12.8. The van der Waals surface area contributed by atoms with E-state index in [0.29, 0.717) is 25.4 Å². The predicted octanol–water partition coefficient (Wildman–Crippen LogP) is 3.05. The first-order chi connectivity index (χ1) is 12.1. The molecule has 3 rings (SSSR count). The van der Waals surface area contributed by atoms with Crippen molar-refractivity contribution in [1.29, 1.82) is 0 Å². The lowest BCUT2D eigenvalue weighted by molar-refractivity contribution is 0.0515. The van der Waals surface area contributed by atoms with E-state index in [1.54, 1.807) is 13.1 Å². The Bertz CT molecular complexity index is 752. The Morgan fingerprint density at radius 1 is 1.48 bits per heavy atom. The van der Waals surface area contributed by atoms with Gasteiger partial charge in [-0.15, -0.1) is 11.3 Å². The van der Waals surface area contributed by atoms with Crippen molar-refractivity contribution in [3.8, 4) is 0 Å². The van der Waals surface area contributed by atoms with Crippen LogP contribution in [-0.4, -0.2) is 46.5 Å². The van der Waals surface area contributed by atoms with E-state index in [1.807, 2.05) is 18.4 Å². The number of aryl methyl sites for hydroxylation is 1. The highest BCUT2D eigenvalue weighted by Gasteiger charge is 2.29. The van der Waals surface area contributed by atoms with Gasteiger partial charge in [-0.25, -0.2) is 4.79 Å². The van der Waals surface area contributed by atoms with Crippen LogP contribution in [0.15, 0.2) is 17.6 Å². The molecule has 1 N–H and O–H groups in total. The van der Waals surface area contributed by atoms with Gasteiger partial charge in [0.1, 0.15) is 5.69 Å². The fourth-order valence-corrected chi connectivity index (χ4v) is 4.22. The molecule has 0 bridgehead atoms. The number of carbonyl (C=O) groups excluding carboxylic acids is 2. The normalized spacial score (nSPS) is 18.2. The number of nitrogens with zero attached hydrogens (tertiary/aromatic N) is 2. The number of ketones is 1. The summed E-state index contributed by atoms with van der Waals surface area (Å²) in [5.41, 5.74) is 2.29. The van der Waals surface area contributed by atoms with Crippen LogP contribution in [-0.2, 0) is 11.3 Å². The van der Waals surface area contributed by atoms with E-state index >= 15 is 0 Å². The highest BCUT2D eigenvalue weighted by Crippen LogP contribution is 2.26. The van der Waals surface area contributed by atoms with Crippen molar-refractivity contribution in [3.63, 3.8) is 0 Å². The Balaban J connectivity index is 1.67. The van der Waals surface area contributed by atoms with Crippen molar-refractivity contribution in [2.45, 2.75) is 33.2 Å². The Morgan fingerprint density at radius 3 is 3.04 bits per heavy atom. The van der Waals surface area contributed by atoms with Gasteiger partial charge in [-0.3, -0.25) is 14.8 Å². The number of rotatable bonds is 6. The number of esters is 1. The van der Waals surface area contributed by atoms with E-state index in [0.717, 1.165) is 35.4 Å². The minimum atomic E-state index is -0.381. The van der Waals surface area contributed by atoms with E-state index in [2.05, 4.69) is 15.1 Å². The second-order valence-electron chi connectivity index (χ2n) is 6.36. The van der Waals surface area contributed by atoms with Crippen LogP contribution >= 0.6 is 11.3 Å². The molecule has 0 aromatic carbocycles. The summed E-state index contributed by atoms with van der Waals surface area (Å²) in [4.78, 5) is 27.9. The highest BCUT2D eigenvalue weighted by atomic mass is 32.1. The number of ether oxygens (including phenoxy) is 1. The Morgan fingerprint density at radius 2 is 2.32 bits per heavy atom. The van der Waals surface area contributed by atoms with E-state index in [-0.39, 0.29) is 17.7 Å². The summed E-state index contributed by atoms with van der Waals surface area (Å²) in [5.74, 6) is -0.118. The van der Waals surface area contributed by atoms with Gasteiger partial charge >= 0.3 is 5.97 Å². The van der Waals surface area contributed by atoms with Gasteiger partial charge in [0.15, 0.2) is 5.78 Å². The molecule has 0 amide bonds. The summed E-state index contributed by atoms with van der Waals surface area (Å²) in [5, 5.41) is 8.68. The smallest absolute Gasteiger partial charge is 0.356 e. The molecule has 6 nitrogen and oxygen atoms in total. The van der Waals surface area contributed by atoms with E-state index < -0.39 is 0 Å². The summed E-state index contributed by atoms with van der Waals surface area (Å²) >= 11 is 1.53. The number of likely N-dealkylation sites (tertiary alicyclic amines) is 1. The molecule has 1 aliphatic rings. The van der Waals surface area contributed by atoms with Crippen LogP contribution in [0.5, 0.6) is 0 Å². The zero-order chi connectivity index (χ0) is 17.8. The highest BCUT2D eigenvalue weighted by molar-refractivity contribution is 7.12. The SMILES string of the molecule is CCOC(=O)c1[nH]ncc1CN1CCCC(C(=O)c2sccc2C)C1. The summed E-state index contributed by atoms with van der Waals surface area (Å²) in [7, 11) is 0. The molecule has 25 heavy (non-hydrogen) atoms. The van der Waals surface area contributed by atoms with Crippen LogP contribution in [0.1, 0.15) is 51.1 Å². The van der Waals surface area contributed by atoms with Crippen LogP contribution in [0.4, 0.5) is 0 Å². The minimum absolute atomic E-state index is 0.0176. The predicted molar refractivity (Wildman–Crippen MR) is 95.9 cm³/mol. The Labute approximate surface area is 151 Å². The van der Waals surface area contributed by atoms with Crippen LogP contribution in [0.25, 0.3) is 0 Å². The van der Waals surface area contributed by atoms with Crippen molar-refractivity contribution in [3.05, 3.63) is 39.3 Å². The molecule has 2 aromatic rings. The molecular weight excluding hydrogens is 338 g/mol. The quantitative estimate of drug-likeness (QED) is 0.632. The molecule has 1 aliphatic heterocycles. The van der Waals surface area contributed by atoms with Crippen LogP contribution in [0.3, 0.4) is 0 Å². The average molecular weight is 361 g/mol. The summed E-state index contributed by atoms with van der Waals surface area (Å²) in [6, 6.07) is 2.00. The monoisotopic (exact) mass is 361 g/mol. The van der Waals surface area contributed by atoms with Crippen molar-refractivity contribution in [1.82, 2.24) is 15.1 Å². The maximum absolute atomic E-state index is 12.8. The molecule has 3 heterocycles. The molecule has 134 valence electrons. The molecule has 1 saturated heterocycles. The van der Waals surface area contributed by atoms with Gasteiger partial charge in [0, 0.05) is 24.6 Å². The van der Waals surface area contributed by atoms with E-state index in [1.165, 1.54) is 11.3 Å². The van der Waals surface area contributed by atoms with Gasteiger partial charge in [0.05, 0.1) is 17.7 Å². The lowest BCUT2D eigenvalue weighted by atomic mass is 9.92. The molecule has 1 atom stereocenters. The van der Waals surface area contributed by atoms with Gasteiger partial charge in [-0.2, -0.15) is 5.10 Å². The zero-order valence-electron chi connectivity index (χ0n) is 14.6. The Kier molecular flexibility index (Phi) is 5.65. The molecular formula is C18H23N3O3S. The van der Waals surface area contributed by atoms with Crippen LogP contribution in [0.2, 0.25) is 0 Å². The van der Waals surface area contributed by atoms with Crippen molar-refractivity contribution in [2.24, 2.45) is 5.92 Å². The Hall–Kier alpha value is -1.99. The number of piperidine rings is 1. The first-order valence-electron chi connectivity index (χ1n) is 8.60. The van der Waals surface area contributed by atoms with E-state index in [9.17, 15) is 9.59 Å². The third kappa shape index (κ3) is 3.99. The molecule has 1 fully saturated rings. The van der Waals surface area contributed by atoms with Crippen molar-refractivity contribution in [2.75, 3.05) is 19.7 Å². The zero-order valence-corrected chi connectivity index (χ0v) is 15.4. The van der Waals surface area contributed by atoms with Gasteiger partial charge in [-0.05, 0) is 50.2 Å². The number of H-pyrrole nitrogens is 1. The number of Topliss-reactive ketones (excluding diaryl/α,β-unsaturated/α-hetero) is 1. The maximum Gasteiger partial charge on any atom is 0.356 e. The fraction of sp³-hybridized carbons (Fsp3) is 0.500. The van der Waals surface area contributed by atoms with E-state index in [4.69, 9.17) is 4.74 Å². The fourth-order valence-electron chi connectivity index (χ4n) is 3.28. The number of carbonyl (C=O) groups is 2. The number of aromatic nitrogens is 2. The van der Waals surface area contributed by atoms with Gasteiger partial charge in [0.25, 0.3) is 0 Å². The molecule has 1 unspecified atom stereocenters. The second-order valence-corrected chi connectivity index (χ2v) is 7.28. The second kappa shape index (κ2) is 7.93. The van der Waals surface area contributed by atoms with Crippen LogP contribution < -0.4 is 0 Å².